The first kappa shape index (κ1) is 22.3. The molecule has 6 heteroatoms. The molecule has 2 rings (SSSR count). The number of carboxylic acids is 1. The lowest BCUT2D eigenvalue weighted by Gasteiger charge is -2.31. The van der Waals surface area contributed by atoms with Gasteiger partial charge in [0.1, 0.15) is 17.4 Å². The molecule has 0 bridgehead atoms. The summed E-state index contributed by atoms with van der Waals surface area (Å²) in [6.45, 7) is 8.75. The lowest BCUT2D eigenvalue weighted by atomic mass is 9.95. The van der Waals surface area contributed by atoms with Gasteiger partial charge < -0.3 is 14.6 Å². The lowest BCUT2D eigenvalue weighted by molar-refractivity contribution is -0.138. The van der Waals surface area contributed by atoms with E-state index in [4.69, 9.17) is 9.47 Å². The fraction of sp³-hybridized carbons (Fsp3) is 0.391. The van der Waals surface area contributed by atoms with Gasteiger partial charge in [-0.25, -0.2) is 9.59 Å². The lowest BCUT2D eigenvalue weighted by Crippen LogP contribution is -2.46. The summed E-state index contributed by atoms with van der Waals surface area (Å²) >= 11 is 0. The number of benzene rings is 2. The summed E-state index contributed by atoms with van der Waals surface area (Å²) in [5, 5.41) is 9.63. The molecule has 2 aromatic rings. The molecule has 156 valence electrons. The highest BCUT2D eigenvalue weighted by atomic mass is 16.6. The summed E-state index contributed by atoms with van der Waals surface area (Å²) in [6, 6.07) is 11.9. The van der Waals surface area contributed by atoms with Crippen LogP contribution in [0.4, 0.5) is 10.5 Å². The molecule has 0 spiro atoms. The molecule has 0 saturated heterocycles. The Balaban J connectivity index is 2.66. The molecule has 1 atom stereocenters. The third-order valence-corrected chi connectivity index (χ3v) is 4.48. The molecule has 6 nitrogen and oxygen atoms in total. The van der Waals surface area contributed by atoms with Crippen LogP contribution in [0, 0.1) is 0 Å². The minimum Gasteiger partial charge on any atom is -0.497 e. The van der Waals surface area contributed by atoms with E-state index in [1.54, 1.807) is 40.0 Å². The number of aryl methyl sites for hydroxylation is 1. The van der Waals surface area contributed by atoms with Crippen LogP contribution in [-0.2, 0) is 16.0 Å². The summed E-state index contributed by atoms with van der Waals surface area (Å²) < 4.78 is 10.8. The summed E-state index contributed by atoms with van der Waals surface area (Å²) in [5.74, 6) is -0.373. The number of carbonyl (C=O) groups is 2. The van der Waals surface area contributed by atoms with Crippen molar-refractivity contribution in [2.45, 2.75) is 52.7 Å². The Morgan fingerprint density at radius 3 is 2.31 bits per heavy atom. The SMILES string of the molecule is CCc1cc(OC)ccc1-c1ccccc1N(C(=O)OC(C)(C)C)[C@@H](C)C(=O)O. The minimum atomic E-state index is -1.11. The Labute approximate surface area is 172 Å². The second-order valence-corrected chi connectivity index (χ2v) is 7.76. The van der Waals surface area contributed by atoms with Crippen LogP contribution in [0.3, 0.4) is 0 Å². The standard InChI is InChI=1S/C23H29NO5/c1-7-16-14-17(28-6)12-13-18(16)19-10-8-9-11-20(19)24(15(2)21(25)26)22(27)29-23(3,4)5/h8-15H,7H2,1-6H3,(H,25,26)/t15-/m0/s1. The fourth-order valence-corrected chi connectivity index (χ4v) is 3.05. The zero-order valence-corrected chi connectivity index (χ0v) is 17.9. The van der Waals surface area contributed by atoms with Crippen LogP contribution in [-0.4, -0.2) is 35.9 Å². The molecule has 2 aromatic carbocycles. The molecule has 0 aromatic heterocycles. The topological polar surface area (TPSA) is 76.1 Å². The number of amides is 1. The number of rotatable bonds is 6. The number of hydrogen-bond donors (Lipinski definition) is 1. The molecular formula is C23H29NO5. The number of anilines is 1. The van der Waals surface area contributed by atoms with Crippen molar-refractivity contribution in [3.05, 3.63) is 48.0 Å². The van der Waals surface area contributed by atoms with Crippen molar-refractivity contribution >= 4 is 17.7 Å². The van der Waals surface area contributed by atoms with E-state index in [1.165, 1.54) is 11.8 Å². The number of ether oxygens (including phenoxy) is 2. The molecular weight excluding hydrogens is 370 g/mol. The van der Waals surface area contributed by atoms with Crippen LogP contribution in [0.2, 0.25) is 0 Å². The molecule has 0 radical (unpaired) electrons. The first-order chi connectivity index (χ1) is 13.6. The molecule has 29 heavy (non-hydrogen) atoms. The van der Waals surface area contributed by atoms with Crippen molar-refractivity contribution in [2.24, 2.45) is 0 Å². The van der Waals surface area contributed by atoms with E-state index in [1.807, 2.05) is 37.3 Å². The number of carboxylic acid groups (broad SMARTS) is 1. The van der Waals surface area contributed by atoms with Gasteiger partial charge in [0.05, 0.1) is 12.8 Å². The third kappa shape index (κ3) is 5.28. The Hall–Kier alpha value is -3.02. The second kappa shape index (κ2) is 8.99. The maximum atomic E-state index is 13.0. The van der Waals surface area contributed by atoms with E-state index < -0.39 is 23.7 Å². The van der Waals surface area contributed by atoms with Crippen molar-refractivity contribution < 1.29 is 24.2 Å². The number of carbonyl (C=O) groups excluding carboxylic acids is 1. The molecule has 0 heterocycles. The molecule has 1 N–H and O–H groups in total. The molecule has 0 saturated carbocycles. The smallest absolute Gasteiger partial charge is 0.415 e. The maximum Gasteiger partial charge on any atom is 0.415 e. The van der Waals surface area contributed by atoms with Crippen LogP contribution >= 0.6 is 0 Å². The van der Waals surface area contributed by atoms with Gasteiger partial charge in [-0.15, -0.1) is 0 Å². The van der Waals surface area contributed by atoms with Crippen LogP contribution in [0.5, 0.6) is 5.75 Å². The van der Waals surface area contributed by atoms with E-state index in [9.17, 15) is 14.7 Å². The largest absolute Gasteiger partial charge is 0.497 e. The number of aliphatic carboxylic acids is 1. The van der Waals surface area contributed by atoms with Crippen molar-refractivity contribution in [3.8, 4) is 16.9 Å². The highest BCUT2D eigenvalue weighted by Crippen LogP contribution is 2.36. The van der Waals surface area contributed by atoms with Gasteiger partial charge in [0.25, 0.3) is 0 Å². The monoisotopic (exact) mass is 399 g/mol. The average molecular weight is 399 g/mol. The van der Waals surface area contributed by atoms with Gasteiger partial charge in [-0.05, 0) is 63.4 Å². The van der Waals surface area contributed by atoms with Gasteiger partial charge in [0, 0.05) is 5.56 Å². The summed E-state index contributed by atoms with van der Waals surface area (Å²) in [7, 11) is 1.61. The highest BCUT2D eigenvalue weighted by molar-refractivity contribution is 5.99. The number of methoxy groups -OCH3 is 1. The first-order valence-electron chi connectivity index (χ1n) is 9.60. The average Bonchev–Trinajstić information content (AvgIpc) is 2.66. The van der Waals surface area contributed by atoms with Crippen LogP contribution in [0.25, 0.3) is 11.1 Å². The van der Waals surface area contributed by atoms with Crippen LogP contribution in [0.15, 0.2) is 42.5 Å². The maximum absolute atomic E-state index is 13.0. The minimum absolute atomic E-state index is 0.483. The Morgan fingerprint density at radius 2 is 1.76 bits per heavy atom. The van der Waals surface area contributed by atoms with E-state index >= 15 is 0 Å². The van der Waals surface area contributed by atoms with Gasteiger partial charge in [-0.2, -0.15) is 0 Å². The number of hydrogen-bond acceptors (Lipinski definition) is 4. The van der Waals surface area contributed by atoms with E-state index in [2.05, 4.69) is 0 Å². The first-order valence-corrected chi connectivity index (χ1v) is 9.60. The van der Waals surface area contributed by atoms with Crippen LogP contribution in [0.1, 0.15) is 40.2 Å². The molecule has 0 unspecified atom stereocenters. The molecule has 0 aliphatic heterocycles. The zero-order chi connectivity index (χ0) is 21.8. The Morgan fingerprint density at radius 1 is 1.10 bits per heavy atom. The summed E-state index contributed by atoms with van der Waals surface area (Å²) in [6.07, 6.45) is 0.0494. The molecule has 0 fully saturated rings. The highest BCUT2D eigenvalue weighted by Gasteiger charge is 2.33. The molecule has 0 aliphatic carbocycles. The Kier molecular flexibility index (Phi) is 6.90. The van der Waals surface area contributed by atoms with Crippen molar-refractivity contribution in [1.82, 2.24) is 0 Å². The van der Waals surface area contributed by atoms with Gasteiger partial charge in [0.2, 0.25) is 0 Å². The van der Waals surface area contributed by atoms with Gasteiger partial charge >= 0.3 is 12.1 Å². The van der Waals surface area contributed by atoms with Crippen molar-refractivity contribution in [2.75, 3.05) is 12.0 Å². The predicted octanol–water partition coefficient (Wildman–Crippen LogP) is 5.14. The normalized spacial score (nSPS) is 12.2. The second-order valence-electron chi connectivity index (χ2n) is 7.76. The van der Waals surface area contributed by atoms with Crippen molar-refractivity contribution in [3.63, 3.8) is 0 Å². The predicted molar refractivity (Wildman–Crippen MR) is 114 cm³/mol. The van der Waals surface area contributed by atoms with E-state index in [0.29, 0.717) is 5.69 Å². The van der Waals surface area contributed by atoms with Gasteiger partial charge in [-0.1, -0.05) is 31.2 Å². The number of para-hydroxylation sites is 1. The van der Waals surface area contributed by atoms with Crippen LogP contribution < -0.4 is 9.64 Å². The molecule has 0 aliphatic rings. The van der Waals surface area contributed by atoms with Gasteiger partial charge in [-0.3, -0.25) is 4.90 Å². The van der Waals surface area contributed by atoms with E-state index in [-0.39, 0.29) is 0 Å². The van der Waals surface area contributed by atoms with E-state index in [0.717, 1.165) is 28.9 Å². The summed E-state index contributed by atoms with van der Waals surface area (Å²) in [5.41, 5.74) is 2.43. The number of nitrogens with zero attached hydrogens (tertiary/aromatic N) is 1. The quantitative estimate of drug-likeness (QED) is 0.728. The Bertz CT molecular complexity index is 885. The third-order valence-electron chi connectivity index (χ3n) is 4.48. The van der Waals surface area contributed by atoms with Crippen molar-refractivity contribution in [1.29, 1.82) is 0 Å². The fourth-order valence-electron chi connectivity index (χ4n) is 3.05. The van der Waals surface area contributed by atoms with Gasteiger partial charge in [0.15, 0.2) is 0 Å². The zero-order valence-electron chi connectivity index (χ0n) is 17.9. The molecule has 1 amide bonds. The summed E-state index contributed by atoms with van der Waals surface area (Å²) in [4.78, 5) is 25.9.